The molecule has 2 heterocycles. The summed E-state index contributed by atoms with van der Waals surface area (Å²) in [6.45, 7) is 6.82. The Morgan fingerprint density at radius 3 is 2.68 bits per heavy atom. The van der Waals surface area contributed by atoms with Crippen LogP contribution in [0.4, 0.5) is 4.39 Å². The lowest BCUT2D eigenvalue weighted by atomic mass is 9.96. The van der Waals surface area contributed by atoms with Gasteiger partial charge in [-0.25, -0.2) is 4.39 Å². The number of halogens is 2. The van der Waals surface area contributed by atoms with Gasteiger partial charge in [-0.15, -0.1) is 24.0 Å². The molecule has 0 radical (unpaired) electrons. The number of rotatable bonds is 5. The van der Waals surface area contributed by atoms with Gasteiger partial charge in [-0.1, -0.05) is 18.6 Å². The van der Waals surface area contributed by atoms with Crippen LogP contribution in [0.5, 0.6) is 0 Å². The largest absolute Gasteiger partial charge is 0.355 e. The minimum Gasteiger partial charge on any atom is -0.355 e. The van der Waals surface area contributed by atoms with Crippen LogP contribution >= 0.6 is 24.0 Å². The standard InChI is InChI=1S/C22H33FN4.HI/c1-24-21(25-17-22(9-10-22)19-6-5-7-20(23)14-19)27-13-8-18(16-27)15-26-11-3-2-4-12-26;/h5-7,14,18H,2-4,8-13,15-17H2,1H3,(H,24,25);1H. The van der Waals surface area contributed by atoms with Gasteiger partial charge < -0.3 is 15.1 Å². The van der Waals surface area contributed by atoms with Crippen molar-refractivity contribution in [2.24, 2.45) is 10.9 Å². The zero-order valence-electron chi connectivity index (χ0n) is 17.0. The number of hydrogen-bond donors (Lipinski definition) is 1. The van der Waals surface area contributed by atoms with Gasteiger partial charge >= 0.3 is 0 Å². The monoisotopic (exact) mass is 500 g/mol. The van der Waals surface area contributed by atoms with E-state index in [0.29, 0.717) is 0 Å². The molecule has 1 saturated carbocycles. The molecule has 0 aromatic heterocycles. The first-order valence-electron chi connectivity index (χ1n) is 10.6. The van der Waals surface area contributed by atoms with Crippen LogP contribution in [0.2, 0.25) is 0 Å². The Morgan fingerprint density at radius 1 is 1.21 bits per heavy atom. The molecular formula is C22H34FIN4. The third-order valence-corrected chi connectivity index (χ3v) is 6.64. The molecule has 3 aliphatic rings. The van der Waals surface area contributed by atoms with Crippen LogP contribution in [0, 0.1) is 11.7 Å². The molecule has 156 valence electrons. The maximum absolute atomic E-state index is 13.6. The molecule has 1 aromatic rings. The maximum atomic E-state index is 13.6. The van der Waals surface area contributed by atoms with E-state index in [1.165, 1.54) is 51.4 Å². The second-order valence-corrected chi connectivity index (χ2v) is 8.65. The average Bonchev–Trinajstić information content (AvgIpc) is 3.35. The van der Waals surface area contributed by atoms with Gasteiger partial charge in [0.25, 0.3) is 0 Å². The van der Waals surface area contributed by atoms with Gasteiger partial charge in [-0.2, -0.15) is 0 Å². The summed E-state index contributed by atoms with van der Waals surface area (Å²) < 4.78 is 13.6. The highest BCUT2D eigenvalue weighted by Crippen LogP contribution is 2.47. The minimum absolute atomic E-state index is 0. The van der Waals surface area contributed by atoms with Gasteiger partial charge in [0, 0.05) is 38.6 Å². The van der Waals surface area contributed by atoms with Crippen molar-refractivity contribution in [3.63, 3.8) is 0 Å². The Morgan fingerprint density at radius 2 is 2.00 bits per heavy atom. The quantitative estimate of drug-likeness (QED) is 0.379. The summed E-state index contributed by atoms with van der Waals surface area (Å²) in [6.07, 6.45) is 7.63. The molecule has 1 unspecified atom stereocenters. The molecule has 4 nitrogen and oxygen atoms in total. The van der Waals surface area contributed by atoms with E-state index in [-0.39, 0.29) is 35.2 Å². The van der Waals surface area contributed by atoms with E-state index in [1.54, 1.807) is 6.07 Å². The summed E-state index contributed by atoms with van der Waals surface area (Å²) in [5.41, 5.74) is 1.21. The average molecular weight is 500 g/mol. The fraction of sp³-hybridized carbons (Fsp3) is 0.682. The first-order chi connectivity index (χ1) is 13.2. The van der Waals surface area contributed by atoms with E-state index in [2.05, 4.69) is 26.2 Å². The Kier molecular flexibility index (Phi) is 7.59. The predicted molar refractivity (Wildman–Crippen MR) is 124 cm³/mol. The van der Waals surface area contributed by atoms with Crippen molar-refractivity contribution in [2.75, 3.05) is 46.3 Å². The third-order valence-electron chi connectivity index (χ3n) is 6.64. The fourth-order valence-corrected chi connectivity index (χ4v) is 4.80. The SMILES string of the molecule is CN=C(NCC1(c2cccc(F)c2)CC1)N1CCC(CN2CCCCC2)C1.I. The normalized spacial score (nSPS) is 24.7. The predicted octanol–water partition coefficient (Wildman–Crippen LogP) is 3.86. The molecule has 1 atom stereocenters. The molecule has 4 rings (SSSR count). The zero-order chi connectivity index (χ0) is 18.7. The molecule has 28 heavy (non-hydrogen) atoms. The van der Waals surface area contributed by atoms with Crippen molar-refractivity contribution >= 4 is 29.9 Å². The van der Waals surface area contributed by atoms with Gasteiger partial charge in [-0.05, 0) is 68.8 Å². The first kappa shape index (κ1) is 21.8. The molecule has 0 spiro atoms. The molecule has 2 aliphatic heterocycles. The number of aliphatic imine (C=N–C) groups is 1. The second kappa shape index (κ2) is 9.74. The number of likely N-dealkylation sites (tertiary alicyclic amines) is 2. The van der Waals surface area contributed by atoms with Crippen LogP contribution in [-0.4, -0.2) is 62.1 Å². The summed E-state index contributed by atoms with van der Waals surface area (Å²) in [7, 11) is 1.88. The van der Waals surface area contributed by atoms with Gasteiger partial charge in [0.2, 0.25) is 0 Å². The van der Waals surface area contributed by atoms with Crippen molar-refractivity contribution < 1.29 is 4.39 Å². The maximum Gasteiger partial charge on any atom is 0.193 e. The highest BCUT2D eigenvalue weighted by Gasteiger charge is 2.44. The third kappa shape index (κ3) is 5.17. The lowest BCUT2D eigenvalue weighted by molar-refractivity contribution is 0.198. The summed E-state index contributed by atoms with van der Waals surface area (Å²) in [6, 6.07) is 7.11. The Hall–Kier alpha value is -0.890. The first-order valence-corrected chi connectivity index (χ1v) is 10.6. The fourth-order valence-electron chi connectivity index (χ4n) is 4.80. The topological polar surface area (TPSA) is 30.9 Å². The Bertz CT molecular complexity index is 670. The Balaban J connectivity index is 0.00000225. The van der Waals surface area contributed by atoms with Crippen molar-refractivity contribution in [2.45, 2.75) is 43.9 Å². The van der Waals surface area contributed by atoms with E-state index in [1.807, 2.05) is 13.1 Å². The molecule has 0 bridgehead atoms. The van der Waals surface area contributed by atoms with E-state index < -0.39 is 0 Å². The van der Waals surface area contributed by atoms with E-state index in [0.717, 1.165) is 49.9 Å². The molecular weight excluding hydrogens is 466 g/mol. The van der Waals surface area contributed by atoms with Gasteiger partial charge in [0.1, 0.15) is 5.82 Å². The highest BCUT2D eigenvalue weighted by molar-refractivity contribution is 14.0. The van der Waals surface area contributed by atoms with Crippen molar-refractivity contribution in [1.82, 2.24) is 15.1 Å². The summed E-state index contributed by atoms with van der Waals surface area (Å²) >= 11 is 0. The van der Waals surface area contributed by atoms with Gasteiger partial charge in [0.05, 0.1) is 0 Å². The minimum atomic E-state index is -0.136. The molecule has 1 N–H and O–H groups in total. The molecule has 1 aliphatic carbocycles. The number of guanidine groups is 1. The highest BCUT2D eigenvalue weighted by atomic mass is 127. The van der Waals surface area contributed by atoms with E-state index in [4.69, 9.17) is 0 Å². The van der Waals surface area contributed by atoms with Crippen LogP contribution in [0.15, 0.2) is 29.3 Å². The number of piperidine rings is 1. The van der Waals surface area contributed by atoms with Crippen molar-refractivity contribution in [3.05, 3.63) is 35.6 Å². The lowest BCUT2D eigenvalue weighted by Crippen LogP contribution is -2.43. The van der Waals surface area contributed by atoms with Gasteiger partial charge in [-0.3, -0.25) is 4.99 Å². The zero-order valence-corrected chi connectivity index (χ0v) is 19.3. The van der Waals surface area contributed by atoms with Crippen LogP contribution in [0.1, 0.15) is 44.1 Å². The summed E-state index contributed by atoms with van der Waals surface area (Å²) in [5, 5.41) is 3.60. The number of nitrogens with zero attached hydrogens (tertiary/aromatic N) is 3. The molecule has 2 saturated heterocycles. The van der Waals surface area contributed by atoms with Crippen LogP contribution in [0.25, 0.3) is 0 Å². The van der Waals surface area contributed by atoms with Gasteiger partial charge in [0.15, 0.2) is 5.96 Å². The van der Waals surface area contributed by atoms with Crippen molar-refractivity contribution in [1.29, 1.82) is 0 Å². The summed E-state index contributed by atoms with van der Waals surface area (Å²) in [5.74, 6) is 1.63. The van der Waals surface area contributed by atoms with Crippen LogP contribution in [-0.2, 0) is 5.41 Å². The molecule has 3 fully saturated rings. The van der Waals surface area contributed by atoms with Crippen LogP contribution in [0.3, 0.4) is 0 Å². The van der Waals surface area contributed by atoms with Crippen molar-refractivity contribution in [3.8, 4) is 0 Å². The smallest absolute Gasteiger partial charge is 0.193 e. The molecule has 1 aromatic carbocycles. The Labute approximate surface area is 186 Å². The second-order valence-electron chi connectivity index (χ2n) is 8.65. The number of hydrogen-bond acceptors (Lipinski definition) is 2. The van der Waals surface area contributed by atoms with Crippen LogP contribution < -0.4 is 5.32 Å². The summed E-state index contributed by atoms with van der Waals surface area (Å²) in [4.78, 5) is 9.60. The lowest BCUT2D eigenvalue weighted by Gasteiger charge is -2.29. The molecule has 6 heteroatoms. The molecule has 0 amide bonds. The van der Waals surface area contributed by atoms with E-state index in [9.17, 15) is 4.39 Å². The number of nitrogens with one attached hydrogen (secondary N) is 1. The number of benzene rings is 1. The van der Waals surface area contributed by atoms with E-state index >= 15 is 0 Å².